The smallest absolute Gasteiger partial charge is 0.410 e. The number of aliphatic hydroxyl groups is 1. The molecule has 2 N–H and O–H groups in total. The molecule has 8 nitrogen and oxygen atoms in total. The van der Waals surface area contributed by atoms with Gasteiger partial charge in [-0.15, -0.1) is 0 Å². The molecule has 0 aromatic heterocycles. The highest BCUT2D eigenvalue weighted by molar-refractivity contribution is 6.17. The van der Waals surface area contributed by atoms with Gasteiger partial charge < -0.3 is 24.8 Å². The van der Waals surface area contributed by atoms with Crippen molar-refractivity contribution in [1.82, 2.24) is 10.2 Å². The van der Waals surface area contributed by atoms with E-state index in [1.807, 2.05) is 0 Å². The third-order valence-electron chi connectivity index (χ3n) is 3.80. The van der Waals surface area contributed by atoms with Crippen molar-refractivity contribution in [2.45, 2.75) is 38.8 Å². The van der Waals surface area contributed by atoms with E-state index in [-0.39, 0.29) is 17.9 Å². The molecule has 2 aliphatic heterocycles. The molecule has 0 aliphatic carbocycles. The van der Waals surface area contributed by atoms with Crippen LogP contribution in [0.1, 0.15) is 27.2 Å². The summed E-state index contributed by atoms with van der Waals surface area (Å²) in [5.41, 5.74) is -0.969. The zero-order valence-corrected chi connectivity index (χ0v) is 13.7. The Labute approximate surface area is 134 Å². The van der Waals surface area contributed by atoms with E-state index in [1.165, 1.54) is 4.90 Å². The number of nitrogens with one attached hydrogen (secondary N) is 1. The van der Waals surface area contributed by atoms with Gasteiger partial charge in [0.2, 0.25) is 0 Å². The molecule has 0 aromatic rings. The summed E-state index contributed by atoms with van der Waals surface area (Å²) in [5, 5.41) is 12.9. The van der Waals surface area contributed by atoms with Crippen LogP contribution in [0.25, 0.3) is 0 Å². The van der Waals surface area contributed by atoms with Crippen molar-refractivity contribution in [3.8, 4) is 0 Å². The molecule has 23 heavy (non-hydrogen) atoms. The van der Waals surface area contributed by atoms with E-state index < -0.39 is 35.5 Å². The number of fused-ring (bicyclic) bond motifs is 1. The first-order valence-electron chi connectivity index (χ1n) is 7.44. The number of amides is 2. The second-order valence-corrected chi connectivity index (χ2v) is 6.65. The van der Waals surface area contributed by atoms with E-state index >= 15 is 0 Å². The van der Waals surface area contributed by atoms with Crippen molar-refractivity contribution >= 4 is 18.0 Å². The van der Waals surface area contributed by atoms with Crippen LogP contribution in [0.5, 0.6) is 0 Å². The number of likely N-dealkylation sites (tertiary alicyclic amines) is 1. The van der Waals surface area contributed by atoms with Crippen molar-refractivity contribution in [3.05, 3.63) is 11.3 Å². The molecule has 0 radical (unpaired) electrons. The molecule has 0 saturated carbocycles. The Balaban J connectivity index is 2.13. The van der Waals surface area contributed by atoms with Crippen LogP contribution < -0.4 is 5.32 Å². The fourth-order valence-electron chi connectivity index (χ4n) is 2.76. The van der Waals surface area contributed by atoms with Gasteiger partial charge in [0.05, 0.1) is 13.2 Å². The zero-order chi connectivity index (χ0) is 17.4. The maximum Gasteiger partial charge on any atom is 0.410 e. The van der Waals surface area contributed by atoms with Crippen LogP contribution in [0.3, 0.4) is 0 Å². The van der Waals surface area contributed by atoms with Crippen LogP contribution in [-0.4, -0.2) is 59.8 Å². The van der Waals surface area contributed by atoms with Crippen LogP contribution in [0.2, 0.25) is 0 Å². The Morgan fingerprint density at radius 1 is 1.35 bits per heavy atom. The van der Waals surface area contributed by atoms with Crippen molar-refractivity contribution in [1.29, 1.82) is 0 Å². The van der Waals surface area contributed by atoms with E-state index in [4.69, 9.17) is 4.74 Å². The Hall–Kier alpha value is -2.25. The van der Waals surface area contributed by atoms with Gasteiger partial charge in [-0.3, -0.25) is 4.79 Å². The number of hydrogen-bond acceptors (Lipinski definition) is 6. The van der Waals surface area contributed by atoms with Gasteiger partial charge in [0.15, 0.2) is 5.57 Å². The largest absolute Gasteiger partial charge is 0.511 e. The standard InChI is InChI=1S/C15H22N2O6/c1-15(2,3)23-14(21)17-6-5-8-9(7-17)16-12(19)10(11(8)18)13(20)22-4/h8-9,18H,5-7H2,1-4H3,(H,16,19). The van der Waals surface area contributed by atoms with Crippen LogP contribution >= 0.6 is 0 Å². The number of carbonyl (C=O) groups excluding carboxylic acids is 3. The number of nitrogens with zero attached hydrogens (tertiary/aromatic N) is 1. The summed E-state index contributed by atoms with van der Waals surface area (Å²) in [6.07, 6.45) is -0.0521. The Kier molecular flexibility index (Phi) is 4.53. The Morgan fingerprint density at radius 2 is 2.00 bits per heavy atom. The topological polar surface area (TPSA) is 105 Å². The molecule has 0 aromatic carbocycles. The second kappa shape index (κ2) is 6.10. The molecular formula is C15H22N2O6. The monoisotopic (exact) mass is 326 g/mol. The minimum absolute atomic E-state index is 0.212. The molecule has 2 rings (SSSR count). The predicted molar refractivity (Wildman–Crippen MR) is 79.5 cm³/mol. The van der Waals surface area contributed by atoms with Crippen LogP contribution in [0, 0.1) is 5.92 Å². The number of ether oxygens (including phenoxy) is 2. The van der Waals surface area contributed by atoms with Gasteiger partial charge in [0.25, 0.3) is 5.91 Å². The van der Waals surface area contributed by atoms with E-state index in [2.05, 4.69) is 10.1 Å². The summed E-state index contributed by atoms with van der Waals surface area (Å²) in [4.78, 5) is 37.2. The van der Waals surface area contributed by atoms with Crippen molar-refractivity contribution in [3.63, 3.8) is 0 Å². The molecule has 2 atom stereocenters. The van der Waals surface area contributed by atoms with Crippen LogP contribution in [0.15, 0.2) is 11.3 Å². The molecule has 8 heteroatoms. The molecule has 0 bridgehead atoms. The first-order chi connectivity index (χ1) is 10.6. The van der Waals surface area contributed by atoms with Gasteiger partial charge >= 0.3 is 12.1 Å². The van der Waals surface area contributed by atoms with Crippen LogP contribution in [-0.2, 0) is 19.1 Å². The van der Waals surface area contributed by atoms with E-state index in [0.29, 0.717) is 13.0 Å². The van der Waals surface area contributed by atoms with Crippen LogP contribution in [0.4, 0.5) is 4.79 Å². The number of methoxy groups -OCH3 is 1. The second-order valence-electron chi connectivity index (χ2n) is 6.65. The highest BCUT2D eigenvalue weighted by Gasteiger charge is 2.43. The third kappa shape index (κ3) is 3.57. The average molecular weight is 326 g/mol. The third-order valence-corrected chi connectivity index (χ3v) is 3.80. The quantitative estimate of drug-likeness (QED) is 0.543. The summed E-state index contributed by atoms with van der Waals surface area (Å²) < 4.78 is 9.84. The fraction of sp³-hybridized carbons (Fsp3) is 0.667. The normalized spacial score (nSPS) is 24.7. The molecule has 0 spiro atoms. The molecule has 2 aliphatic rings. The lowest BCUT2D eigenvalue weighted by atomic mass is 9.84. The van der Waals surface area contributed by atoms with Crippen molar-refractivity contribution < 1.29 is 29.0 Å². The van der Waals surface area contributed by atoms with E-state index in [1.54, 1.807) is 20.8 Å². The van der Waals surface area contributed by atoms with E-state index in [9.17, 15) is 19.5 Å². The first-order valence-corrected chi connectivity index (χ1v) is 7.44. The molecular weight excluding hydrogens is 304 g/mol. The molecule has 1 saturated heterocycles. The molecule has 128 valence electrons. The first kappa shape index (κ1) is 17.1. The van der Waals surface area contributed by atoms with Gasteiger partial charge in [-0.2, -0.15) is 0 Å². The van der Waals surface area contributed by atoms with Gasteiger partial charge in [-0.05, 0) is 27.2 Å². The highest BCUT2D eigenvalue weighted by Crippen LogP contribution is 2.30. The Morgan fingerprint density at radius 3 is 2.57 bits per heavy atom. The maximum absolute atomic E-state index is 12.1. The maximum atomic E-state index is 12.1. The number of rotatable bonds is 1. The highest BCUT2D eigenvalue weighted by atomic mass is 16.6. The summed E-state index contributed by atoms with van der Waals surface area (Å²) in [6.45, 7) is 5.90. The summed E-state index contributed by atoms with van der Waals surface area (Å²) in [5.74, 6) is -2.25. The number of carbonyl (C=O) groups is 3. The SMILES string of the molecule is COC(=O)C1=C(O)C2CCN(C(=O)OC(C)(C)C)CC2NC1=O. The minimum Gasteiger partial charge on any atom is -0.511 e. The number of aliphatic hydroxyl groups excluding tert-OH is 1. The predicted octanol–water partition coefficient (Wildman–Crippen LogP) is 0.727. The average Bonchev–Trinajstić information content (AvgIpc) is 2.44. The number of piperidine rings is 1. The van der Waals surface area contributed by atoms with Crippen molar-refractivity contribution in [2.75, 3.05) is 20.2 Å². The fourth-order valence-corrected chi connectivity index (χ4v) is 2.76. The molecule has 1 fully saturated rings. The molecule has 2 unspecified atom stereocenters. The van der Waals surface area contributed by atoms with Gasteiger partial charge in [0, 0.05) is 19.0 Å². The zero-order valence-electron chi connectivity index (χ0n) is 13.7. The van der Waals surface area contributed by atoms with Crippen molar-refractivity contribution in [2.24, 2.45) is 5.92 Å². The number of hydrogen-bond donors (Lipinski definition) is 2. The Bertz CT molecular complexity index is 563. The molecule has 2 heterocycles. The van der Waals surface area contributed by atoms with Gasteiger partial charge in [-0.1, -0.05) is 0 Å². The van der Waals surface area contributed by atoms with Gasteiger partial charge in [-0.25, -0.2) is 9.59 Å². The van der Waals surface area contributed by atoms with E-state index in [0.717, 1.165) is 7.11 Å². The number of esters is 1. The lowest BCUT2D eigenvalue weighted by Crippen LogP contribution is -2.58. The molecule has 2 amide bonds. The lowest BCUT2D eigenvalue weighted by molar-refractivity contribution is -0.139. The summed E-state index contributed by atoms with van der Waals surface area (Å²) in [6, 6.07) is -0.461. The minimum atomic E-state index is -0.868. The summed E-state index contributed by atoms with van der Waals surface area (Å²) in [7, 11) is 1.15. The summed E-state index contributed by atoms with van der Waals surface area (Å²) >= 11 is 0. The lowest BCUT2D eigenvalue weighted by Gasteiger charge is -2.41. The van der Waals surface area contributed by atoms with Gasteiger partial charge in [0.1, 0.15) is 11.4 Å².